The van der Waals surface area contributed by atoms with Gasteiger partial charge in [-0.05, 0) is 53.6 Å². The highest BCUT2D eigenvalue weighted by Crippen LogP contribution is 2.28. The summed E-state index contributed by atoms with van der Waals surface area (Å²) in [6, 6.07) is 24.0. The SMILES string of the molecule is COc1ccc(/C=N/N2CCN(c3ccc(Cl)cc3)CC2)cc1OCc1ccccc1. The van der Waals surface area contributed by atoms with Gasteiger partial charge >= 0.3 is 0 Å². The Bertz CT molecular complexity index is 1000. The number of hydrogen-bond acceptors (Lipinski definition) is 5. The molecule has 1 fully saturated rings. The number of nitrogens with zero attached hydrogens (tertiary/aromatic N) is 3. The van der Waals surface area contributed by atoms with Crippen LogP contribution in [0.15, 0.2) is 77.9 Å². The van der Waals surface area contributed by atoms with Crippen molar-refractivity contribution in [1.82, 2.24) is 5.01 Å². The molecule has 1 aliphatic rings. The molecule has 0 radical (unpaired) electrons. The molecule has 0 atom stereocenters. The van der Waals surface area contributed by atoms with Crippen molar-refractivity contribution >= 4 is 23.5 Å². The van der Waals surface area contributed by atoms with Crippen LogP contribution in [0.5, 0.6) is 11.5 Å². The predicted molar refractivity (Wildman–Crippen MR) is 127 cm³/mol. The maximum Gasteiger partial charge on any atom is 0.162 e. The van der Waals surface area contributed by atoms with E-state index in [1.807, 2.05) is 66.9 Å². The second kappa shape index (κ2) is 10.2. The summed E-state index contributed by atoms with van der Waals surface area (Å²) in [7, 11) is 1.65. The zero-order valence-corrected chi connectivity index (χ0v) is 18.3. The van der Waals surface area contributed by atoms with Crippen molar-refractivity contribution in [2.75, 3.05) is 38.2 Å². The Balaban J connectivity index is 1.36. The molecule has 0 unspecified atom stereocenters. The van der Waals surface area contributed by atoms with Crippen molar-refractivity contribution < 1.29 is 9.47 Å². The minimum absolute atomic E-state index is 0.491. The molecule has 0 bridgehead atoms. The average Bonchev–Trinajstić information content (AvgIpc) is 2.83. The molecule has 3 aromatic carbocycles. The average molecular weight is 436 g/mol. The van der Waals surface area contributed by atoms with E-state index in [0.29, 0.717) is 18.1 Å². The lowest BCUT2D eigenvalue weighted by Crippen LogP contribution is -2.44. The summed E-state index contributed by atoms with van der Waals surface area (Å²) in [4.78, 5) is 2.35. The number of ether oxygens (including phenoxy) is 2. The number of halogens is 1. The van der Waals surface area contributed by atoms with Crippen LogP contribution in [0.4, 0.5) is 5.69 Å². The van der Waals surface area contributed by atoms with E-state index >= 15 is 0 Å². The molecule has 5 nitrogen and oxygen atoms in total. The third-order valence-electron chi connectivity index (χ3n) is 5.24. The second-order valence-corrected chi connectivity index (χ2v) is 7.78. The fourth-order valence-electron chi connectivity index (χ4n) is 3.49. The van der Waals surface area contributed by atoms with Crippen molar-refractivity contribution in [3.8, 4) is 11.5 Å². The van der Waals surface area contributed by atoms with Gasteiger partial charge in [0.05, 0.1) is 26.4 Å². The van der Waals surface area contributed by atoms with Gasteiger partial charge in [-0.2, -0.15) is 5.10 Å². The molecule has 1 saturated heterocycles. The smallest absolute Gasteiger partial charge is 0.162 e. The van der Waals surface area contributed by atoms with Gasteiger partial charge in [0.25, 0.3) is 0 Å². The van der Waals surface area contributed by atoms with Crippen molar-refractivity contribution in [3.05, 3.63) is 88.9 Å². The van der Waals surface area contributed by atoms with E-state index in [4.69, 9.17) is 21.1 Å². The van der Waals surface area contributed by atoms with Crippen LogP contribution in [0, 0.1) is 0 Å². The van der Waals surface area contributed by atoms with Crippen molar-refractivity contribution in [3.63, 3.8) is 0 Å². The van der Waals surface area contributed by atoms with Gasteiger partial charge in [-0.3, -0.25) is 5.01 Å². The number of hydrazone groups is 1. The Morgan fingerprint density at radius 3 is 2.35 bits per heavy atom. The molecule has 0 saturated carbocycles. The van der Waals surface area contributed by atoms with Gasteiger partial charge in [-0.25, -0.2) is 0 Å². The van der Waals surface area contributed by atoms with Crippen LogP contribution in [0.25, 0.3) is 0 Å². The molecule has 3 aromatic rings. The largest absolute Gasteiger partial charge is 0.493 e. The van der Waals surface area contributed by atoms with Crippen LogP contribution >= 0.6 is 11.6 Å². The summed E-state index contributed by atoms with van der Waals surface area (Å²) < 4.78 is 11.5. The van der Waals surface area contributed by atoms with Gasteiger partial charge in [0.2, 0.25) is 0 Å². The minimum Gasteiger partial charge on any atom is -0.493 e. The zero-order valence-electron chi connectivity index (χ0n) is 17.6. The summed E-state index contributed by atoms with van der Waals surface area (Å²) in [5.74, 6) is 1.42. The molecule has 0 amide bonds. The van der Waals surface area contributed by atoms with Crippen LogP contribution in [0.1, 0.15) is 11.1 Å². The highest BCUT2D eigenvalue weighted by molar-refractivity contribution is 6.30. The monoisotopic (exact) mass is 435 g/mol. The molecule has 31 heavy (non-hydrogen) atoms. The third-order valence-corrected chi connectivity index (χ3v) is 5.49. The van der Waals surface area contributed by atoms with E-state index in [1.54, 1.807) is 7.11 Å². The molecule has 1 heterocycles. The van der Waals surface area contributed by atoms with E-state index in [0.717, 1.165) is 42.3 Å². The van der Waals surface area contributed by atoms with Crippen molar-refractivity contribution in [2.45, 2.75) is 6.61 Å². The molecule has 0 spiro atoms. The van der Waals surface area contributed by atoms with Crippen molar-refractivity contribution in [2.24, 2.45) is 5.10 Å². The predicted octanol–water partition coefficient (Wildman–Crippen LogP) is 5.08. The zero-order chi connectivity index (χ0) is 21.5. The van der Waals surface area contributed by atoms with Crippen LogP contribution in [0.3, 0.4) is 0 Å². The first kappa shape index (κ1) is 21.1. The quantitative estimate of drug-likeness (QED) is 0.485. The molecule has 0 aliphatic carbocycles. The van der Waals surface area contributed by atoms with Gasteiger partial charge in [0, 0.05) is 23.8 Å². The number of methoxy groups -OCH3 is 1. The van der Waals surface area contributed by atoms with Gasteiger partial charge in [-0.15, -0.1) is 0 Å². The van der Waals surface area contributed by atoms with E-state index < -0.39 is 0 Å². The number of benzene rings is 3. The second-order valence-electron chi connectivity index (χ2n) is 7.35. The summed E-state index contributed by atoms with van der Waals surface area (Å²) in [5.41, 5.74) is 3.29. The standard InChI is InChI=1S/C25H26ClN3O2/c1-30-24-12-7-21(17-25(24)31-19-20-5-3-2-4-6-20)18-27-29-15-13-28(14-16-29)23-10-8-22(26)9-11-23/h2-12,17-18H,13-16,19H2,1H3/b27-18+. The number of piperazine rings is 1. The molecule has 1 aliphatic heterocycles. The lowest BCUT2D eigenvalue weighted by molar-refractivity contribution is 0.272. The molecule has 0 N–H and O–H groups in total. The lowest BCUT2D eigenvalue weighted by Gasteiger charge is -2.34. The molecular weight excluding hydrogens is 410 g/mol. The van der Waals surface area contributed by atoms with E-state index in [1.165, 1.54) is 5.69 Å². The maximum absolute atomic E-state index is 6.00. The van der Waals surface area contributed by atoms with Crippen molar-refractivity contribution in [1.29, 1.82) is 0 Å². The van der Waals surface area contributed by atoms with Gasteiger partial charge in [0.1, 0.15) is 6.61 Å². The summed E-state index contributed by atoms with van der Waals surface area (Å²) in [6.45, 7) is 4.07. The van der Waals surface area contributed by atoms with Crippen LogP contribution < -0.4 is 14.4 Å². The lowest BCUT2D eigenvalue weighted by atomic mass is 10.2. The molecular formula is C25H26ClN3O2. The maximum atomic E-state index is 6.00. The summed E-state index contributed by atoms with van der Waals surface area (Å²) in [5, 5.41) is 7.54. The van der Waals surface area contributed by atoms with Crippen LogP contribution in [-0.2, 0) is 6.61 Å². The molecule has 0 aromatic heterocycles. The number of anilines is 1. The number of hydrogen-bond donors (Lipinski definition) is 0. The third kappa shape index (κ3) is 5.70. The van der Waals surface area contributed by atoms with E-state index in [9.17, 15) is 0 Å². The van der Waals surface area contributed by atoms with E-state index in [2.05, 4.69) is 27.1 Å². The minimum atomic E-state index is 0.491. The Morgan fingerprint density at radius 2 is 1.65 bits per heavy atom. The summed E-state index contributed by atoms with van der Waals surface area (Å²) >= 11 is 5.99. The topological polar surface area (TPSA) is 37.3 Å². The first-order valence-corrected chi connectivity index (χ1v) is 10.7. The Kier molecular flexibility index (Phi) is 6.95. The Hall–Kier alpha value is -3.18. The Morgan fingerprint density at radius 1 is 0.903 bits per heavy atom. The normalized spacial score (nSPS) is 14.1. The summed E-state index contributed by atoms with van der Waals surface area (Å²) in [6.07, 6.45) is 1.88. The fourth-order valence-corrected chi connectivity index (χ4v) is 3.62. The van der Waals surface area contributed by atoms with Gasteiger partial charge < -0.3 is 14.4 Å². The molecule has 4 rings (SSSR count). The molecule has 160 valence electrons. The first-order valence-electron chi connectivity index (χ1n) is 10.4. The fraction of sp³-hybridized carbons (Fsp3) is 0.240. The highest BCUT2D eigenvalue weighted by atomic mass is 35.5. The highest BCUT2D eigenvalue weighted by Gasteiger charge is 2.15. The first-order chi connectivity index (χ1) is 15.2. The Labute approximate surface area is 188 Å². The number of rotatable bonds is 7. The molecule has 6 heteroatoms. The van der Waals surface area contributed by atoms with Crippen LogP contribution in [0.2, 0.25) is 5.02 Å². The van der Waals surface area contributed by atoms with Gasteiger partial charge in [-0.1, -0.05) is 41.9 Å². The van der Waals surface area contributed by atoms with E-state index in [-0.39, 0.29) is 0 Å². The van der Waals surface area contributed by atoms with Crippen LogP contribution in [-0.4, -0.2) is 44.5 Å². The van der Waals surface area contributed by atoms with Gasteiger partial charge in [0.15, 0.2) is 11.5 Å².